The number of hydrogen-bond donors (Lipinski definition) is 1. The summed E-state index contributed by atoms with van der Waals surface area (Å²) >= 11 is 0. The van der Waals surface area contributed by atoms with E-state index in [9.17, 15) is 0 Å². The fraction of sp³-hybridized carbons (Fsp3) is 0.385. The Hall–Kier alpha value is -3.14. The Balaban J connectivity index is 1.68. The van der Waals surface area contributed by atoms with Gasteiger partial charge in [-0.25, -0.2) is 9.97 Å². The lowest BCUT2D eigenvalue weighted by Crippen LogP contribution is -2.27. The van der Waals surface area contributed by atoms with Crippen LogP contribution in [-0.2, 0) is 4.74 Å². The lowest BCUT2D eigenvalue weighted by atomic mass is 10.1. The van der Waals surface area contributed by atoms with Gasteiger partial charge < -0.3 is 19.7 Å². The Morgan fingerprint density at radius 3 is 2.66 bits per heavy atom. The first-order valence-corrected chi connectivity index (χ1v) is 11.1. The summed E-state index contributed by atoms with van der Waals surface area (Å²) in [7, 11) is 1.75. The lowest BCUT2D eigenvalue weighted by molar-refractivity contribution is 0.169. The minimum atomic E-state index is 0.661. The fourth-order valence-corrected chi connectivity index (χ4v) is 3.60. The first kappa shape index (κ1) is 23.5. The Bertz CT molecular complexity index is 1060. The quantitative estimate of drug-likeness (QED) is 0.328. The molecular weight excluding hydrogens is 400 g/mol. The number of anilines is 2. The summed E-state index contributed by atoms with van der Waals surface area (Å²) in [5.74, 6) is 4.24. The van der Waals surface area contributed by atoms with E-state index >= 15 is 0 Å². The van der Waals surface area contributed by atoms with Crippen molar-refractivity contribution in [2.45, 2.75) is 26.7 Å². The molecule has 0 bridgehead atoms. The molecule has 0 amide bonds. The number of rotatable bonds is 12. The molecule has 32 heavy (non-hydrogen) atoms. The summed E-state index contributed by atoms with van der Waals surface area (Å²) in [4.78, 5) is 11.3. The largest absolute Gasteiger partial charge is 0.493 e. The van der Waals surface area contributed by atoms with Gasteiger partial charge in [0.25, 0.3) is 0 Å². The second-order valence-electron chi connectivity index (χ2n) is 7.69. The van der Waals surface area contributed by atoms with Crippen LogP contribution in [0.3, 0.4) is 0 Å². The third-order valence-corrected chi connectivity index (χ3v) is 5.37. The molecule has 0 atom stereocenters. The summed E-state index contributed by atoms with van der Waals surface area (Å²) in [6.45, 7) is 8.79. The van der Waals surface area contributed by atoms with E-state index in [1.807, 2.05) is 43.3 Å². The second kappa shape index (κ2) is 12.0. The maximum Gasteiger partial charge on any atom is 0.141 e. The van der Waals surface area contributed by atoms with Gasteiger partial charge in [0.05, 0.1) is 12.1 Å². The molecule has 2 aromatic carbocycles. The lowest BCUT2D eigenvalue weighted by Gasteiger charge is -2.20. The molecule has 0 unspecified atom stereocenters. The second-order valence-corrected chi connectivity index (χ2v) is 7.69. The molecule has 0 aliphatic carbocycles. The number of nitrogens with zero attached hydrogens (tertiary/aromatic N) is 3. The van der Waals surface area contributed by atoms with Crippen LogP contribution in [0.4, 0.5) is 11.5 Å². The molecular formula is C26H32N4O2. The van der Waals surface area contributed by atoms with Crippen LogP contribution in [0.25, 0.3) is 10.9 Å². The summed E-state index contributed by atoms with van der Waals surface area (Å²) < 4.78 is 11.3. The van der Waals surface area contributed by atoms with Crippen LogP contribution < -0.4 is 10.1 Å². The van der Waals surface area contributed by atoms with Crippen LogP contribution in [-0.4, -0.2) is 54.8 Å². The summed E-state index contributed by atoms with van der Waals surface area (Å²) in [5, 5.41) is 4.27. The van der Waals surface area contributed by atoms with Crippen LogP contribution >= 0.6 is 0 Å². The van der Waals surface area contributed by atoms with Gasteiger partial charge in [0.2, 0.25) is 0 Å². The highest BCUT2D eigenvalue weighted by atomic mass is 16.5. The van der Waals surface area contributed by atoms with Crippen molar-refractivity contribution < 1.29 is 9.47 Å². The van der Waals surface area contributed by atoms with E-state index in [0.29, 0.717) is 6.61 Å². The zero-order valence-electron chi connectivity index (χ0n) is 19.2. The first-order valence-electron chi connectivity index (χ1n) is 11.1. The summed E-state index contributed by atoms with van der Waals surface area (Å²) in [6, 6.07) is 11.8. The number of methoxy groups -OCH3 is 1. The number of nitrogens with one attached hydrogen (secondary N) is 1. The van der Waals surface area contributed by atoms with Gasteiger partial charge in [-0.2, -0.15) is 0 Å². The van der Waals surface area contributed by atoms with Crippen molar-refractivity contribution in [2.24, 2.45) is 0 Å². The number of aromatic nitrogens is 2. The molecule has 0 aliphatic heterocycles. The molecule has 0 saturated carbocycles. The topological polar surface area (TPSA) is 59.5 Å². The van der Waals surface area contributed by atoms with Gasteiger partial charge in [0.15, 0.2) is 0 Å². The average Bonchev–Trinajstić information content (AvgIpc) is 2.81. The minimum absolute atomic E-state index is 0.661. The van der Waals surface area contributed by atoms with Crippen LogP contribution in [0.15, 0.2) is 42.7 Å². The number of ether oxygens (including phenoxy) is 2. The molecule has 6 heteroatoms. The van der Waals surface area contributed by atoms with Crippen molar-refractivity contribution in [2.75, 3.05) is 45.3 Å². The molecule has 3 aromatic rings. The van der Waals surface area contributed by atoms with Crippen molar-refractivity contribution in [3.05, 3.63) is 53.9 Å². The third-order valence-electron chi connectivity index (χ3n) is 5.37. The highest BCUT2D eigenvalue weighted by Crippen LogP contribution is 2.30. The maximum atomic E-state index is 6.15. The monoisotopic (exact) mass is 432 g/mol. The highest BCUT2D eigenvalue weighted by molar-refractivity contribution is 5.92. The Morgan fingerprint density at radius 1 is 1.09 bits per heavy atom. The van der Waals surface area contributed by atoms with Gasteiger partial charge in [0.1, 0.15) is 17.9 Å². The maximum absolute atomic E-state index is 6.15. The third kappa shape index (κ3) is 6.43. The number of hydrogen-bond acceptors (Lipinski definition) is 6. The normalized spacial score (nSPS) is 11.0. The molecule has 0 fully saturated rings. The Morgan fingerprint density at radius 2 is 1.91 bits per heavy atom. The van der Waals surface area contributed by atoms with Gasteiger partial charge in [-0.05, 0) is 62.2 Å². The minimum Gasteiger partial charge on any atom is -0.493 e. The van der Waals surface area contributed by atoms with Gasteiger partial charge in [-0.3, -0.25) is 0 Å². The number of terminal acetylenes is 1. The predicted molar refractivity (Wildman–Crippen MR) is 131 cm³/mol. The number of fused-ring (bicyclic) bond motifs is 1. The number of benzene rings is 2. The van der Waals surface area contributed by atoms with Gasteiger partial charge in [0, 0.05) is 43.4 Å². The van der Waals surface area contributed by atoms with Crippen molar-refractivity contribution in [1.82, 2.24) is 14.9 Å². The fourth-order valence-electron chi connectivity index (χ4n) is 3.60. The molecule has 3 rings (SSSR count). The van der Waals surface area contributed by atoms with Gasteiger partial charge >= 0.3 is 0 Å². The van der Waals surface area contributed by atoms with Crippen LogP contribution in [0.1, 0.15) is 30.9 Å². The van der Waals surface area contributed by atoms with E-state index in [-0.39, 0.29) is 0 Å². The smallest absolute Gasteiger partial charge is 0.141 e. The van der Waals surface area contributed by atoms with Crippen LogP contribution in [0.2, 0.25) is 0 Å². The van der Waals surface area contributed by atoms with E-state index in [4.69, 9.17) is 15.9 Å². The molecule has 0 saturated heterocycles. The predicted octanol–water partition coefficient (Wildman–Crippen LogP) is 4.79. The molecule has 0 aliphatic rings. The SMILES string of the molecule is C#Cc1cccc(Nc2ncnc3cc(C)c(OCCCN(CC)CCCOC)cc23)c1. The first-order chi connectivity index (χ1) is 15.6. The van der Waals surface area contributed by atoms with E-state index < -0.39 is 0 Å². The van der Waals surface area contributed by atoms with Crippen molar-refractivity contribution in [3.8, 4) is 18.1 Å². The average molecular weight is 433 g/mol. The molecule has 168 valence electrons. The summed E-state index contributed by atoms with van der Waals surface area (Å²) in [5.41, 5.74) is 3.63. The van der Waals surface area contributed by atoms with Crippen molar-refractivity contribution in [3.63, 3.8) is 0 Å². The summed E-state index contributed by atoms with van der Waals surface area (Å²) in [6.07, 6.45) is 9.11. The zero-order chi connectivity index (χ0) is 22.8. The van der Waals surface area contributed by atoms with Crippen molar-refractivity contribution in [1.29, 1.82) is 0 Å². The molecule has 0 spiro atoms. The van der Waals surface area contributed by atoms with E-state index in [1.165, 1.54) is 0 Å². The standard InChI is InChI=1S/C26H32N4O2/c1-5-21-10-7-11-22(17-21)29-26-23-18-25(20(3)16-24(23)27-19-28-26)32-15-9-13-30(6-2)12-8-14-31-4/h1,7,10-11,16-19H,6,8-9,12-15H2,2-4H3,(H,27,28,29). The molecule has 6 nitrogen and oxygen atoms in total. The van der Waals surface area contributed by atoms with E-state index in [2.05, 4.69) is 33.0 Å². The van der Waals surface area contributed by atoms with Crippen LogP contribution in [0.5, 0.6) is 5.75 Å². The highest BCUT2D eigenvalue weighted by Gasteiger charge is 2.10. The molecule has 1 N–H and O–H groups in total. The van der Waals surface area contributed by atoms with Gasteiger partial charge in [-0.15, -0.1) is 6.42 Å². The molecule has 0 radical (unpaired) electrons. The van der Waals surface area contributed by atoms with E-state index in [0.717, 1.165) is 78.4 Å². The zero-order valence-corrected chi connectivity index (χ0v) is 19.2. The molecule has 1 aromatic heterocycles. The van der Waals surface area contributed by atoms with Crippen molar-refractivity contribution >= 4 is 22.4 Å². The van der Waals surface area contributed by atoms with E-state index in [1.54, 1.807) is 13.4 Å². The Kier molecular flexibility index (Phi) is 8.85. The van der Waals surface area contributed by atoms with Crippen LogP contribution in [0, 0.1) is 19.3 Å². The number of aryl methyl sites for hydroxylation is 1. The molecule has 1 heterocycles. The van der Waals surface area contributed by atoms with Gasteiger partial charge in [-0.1, -0.05) is 18.9 Å². The Labute approximate surface area is 191 Å².